The molecule has 0 spiro atoms. The van der Waals surface area contributed by atoms with Crippen LogP contribution in [0.3, 0.4) is 0 Å². The summed E-state index contributed by atoms with van der Waals surface area (Å²) in [5, 5.41) is 5.88. The molecule has 1 aliphatic rings. The van der Waals surface area contributed by atoms with Crippen LogP contribution in [0.1, 0.15) is 24.5 Å². The molecule has 0 saturated carbocycles. The van der Waals surface area contributed by atoms with Crippen molar-refractivity contribution in [1.82, 2.24) is 10.2 Å². The third-order valence-corrected chi connectivity index (χ3v) is 3.50. The average Bonchev–Trinajstić information content (AvgIpc) is 2.42. The maximum Gasteiger partial charge on any atom is 0.238 e. The van der Waals surface area contributed by atoms with Gasteiger partial charge in [0.15, 0.2) is 0 Å². The van der Waals surface area contributed by atoms with Crippen LogP contribution in [0.2, 0.25) is 0 Å². The smallest absolute Gasteiger partial charge is 0.238 e. The molecule has 126 valence electrons. The molecule has 4 nitrogen and oxygen atoms in total. The zero-order chi connectivity index (χ0) is 14.5. The van der Waals surface area contributed by atoms with Crippen LogP contribution >= 0.6 is 24.8 Å². The molecule has 0 saturated heterocycles. The number of amides is 1. The number of hydrogen-bond acceptors (Lipinski definition) is 3. The summed E-state index contributed by atoms with van der Waals surface area (Å²) < 4.78 is 14.3. The van der Waals surface area contributed by atoms with Gasteiger partial charge in [-0.3, -0.25) is 9.69 Å². The lowest BCUT2D eigenvalue weighted by Gasteiger charge is -2.20. The van der Waals surface area contributed by atoms with E-state index in [0.717, 1.165) is 30.6 Å². The fourth-order valence-electron chi connectivity index (χ4n) is 2.53. The van der Waals surface area contributed by atoms with E-state index in [1.807, 2.05) is 18.0 Å². The first kappa shape index (κ1) is 21.1. The second-order valence-electron chi connectivity index (χ2n) is 5.28. The fraction of sp³-hybridized carbons (Fsp3) is 0.533. The molecular formula is C15H24Cl2FN3O. The van der Waals surface area contributed by atoms with Gasteiger partial charge in [-0.15, -0.1) is 24.8 Å². The van der Waals surface area contributed by atoms with E-state index in [9.17, 15) is 9.18 Å². The molecule has 7 heteroatoms. The molecule has 1 aromatic rings. The van der Waals surface area contributed by atoms with Crippen molar-refractivity contribution >= 4 is 36.4 Å². The molecule has 1 aliphatic heterocycles. The van der Waals surface area contributed by atoms with Crippen LogP contribution in [0.4, 0.5) is 10.1 Å². The highest BCUT2D eigenvalue weighted by Crippen LogP contribution is 2.24. The molecule has 0 fully saturated rings. The molecule has 0 atom stereocenters. The number of benzene rings is 1. The summed E-state index contributed by atoms with van der Waals surface area (Å²) in [5.74, 6) is -0.454. The molecule has 2 rings (SSSR count). The Labute approximate surface area is 143 Å². The summed E-state index contributed by atoms with van der Waals surface area (Å²) in [6.45, 7) is 4.67. The zero-order valence-corrected chi connectivity index (χ0v) is 14.6. The molecule has 0 bridgehead atoms. The van der Waals surface area contributed by atoms with Gasteiger partial charge in [-0.25, -0.2) is 4.39 Å². The van der Waals surface area contributed by atoms with Gasteiger partial charge >= 0.3 is 0 Å². The van der Waals surface area contributed by atoms with E-state index >= 15 is 0 Å². The number of nitrogens with one attached hydrogen (secondary N) is 2. The van der Waals surface area contributed by atoms with Crippen LogP contribution in [0.25, 0.3) is 0 Å². The largest absolute Gasteiger partial charge is 0.322 e. The molecule has 2 N–H and O–H groups in total. The van der Waals surface area contributed by atoms with Gasteiger partial charge in [0.2, 0.25) is 5.91 Å². The van der Waals surface area contributed by atoms with E-state index in [2.05, 4.69) is 17.6 Å². The Morgan fingerprint density at radius 1 is 1.41 bits per heavy atom. The number of carbonyl (C=O) groups is 1. The number of carbonyl (C=O) groups excluding carboxylic acids is 1. The molecule has 0 aliphatic carbocycles. The molecule has 0 radical (unpaired) electrons. The normalized spacial score (nSPS) is 12.9. The van der Waals surface area contributed by atoms with Crippen LogP contribution in [0, 0.1) is 5.82 Å². The monoisotopic (exact) mass is 351 g/mol. The van der Waals surface area contributed by atoms with E-state index in [0.29, 0.717) is 18.7 Å². The van der Waals surface area contributed by atoms with Crippen LogP contribution in [0.5, 0.6) is 0 Å². The molecule has 0 unspecified atom stereocenters. The van der Waals surface area contributed by atoms with Crippen LogP contribution in [-0.4, -0.2) is 37.5 Å². The van der Waals surface area contributed by atoms with Crippen molar-refractivity contribution in [2.45, 2.75) is 26.3 Å². The SMILES string of the molecule is CCCN(C)CC(=O)Nc1ccc2c(c1F)CCNC2.Cl.Cl. The van der Waals surface area contributed by atoms with Gasteiger partial charge in [0, 0.05) is 6.54 Å². The van der Waals surface area contributed by atoms with Gasteiger partial charge in [0.1, 0.15) is 5.82 Å². The van der Waals surface area contributed by atoms with Crippen molar-refractivity contribution in [3.63, 3.8) is 0 Å². The second-order valence-corrected chi connectivity index (χ2v) is 5.28. The first-order valence-corrected chi connectivity index (χ1v) is 7.11. The lowest BCUT2D eigenvalue weighted by Crippen LogP contribution is -2.31. The van der Waals surface area contributed by atoms with E-state index in [-0.39, 0.29) is 43.1 Å². The van der Waals surface area contributed by atoms with Gasteiger partial charge < -0.3 is 10.6 Å². The molecule has 1 heterocycles. The standard InChI is InChI=1S/C15H22FN3O.2ClH/c1-3-8-19(2)10-14(20)18-13-5-4-11-9-17-7-6-12(11)15(13)16;;/h4-5,17H,3,6-10H2,1-2H3,(H,18,20);2*1H. The predicted molar refractivity (Wildman–Crippen MR) is 92.7 cm³/mol. The first-order chi connectivity index (χ1) is 9.61. The summed E-state index contributed by atoms with van der Waals surface area (Å²) in [6, 6.07) is 3.54. The minimum absolute atomic E-state index is 0. The van der Waals surface area contributed by atoms with Crippen molar-refractivity contribution in [1.29, 1.82) is 0 Å². The van der Waals surface area contributed by atoms with E-state index in [4.69, 9.17) is 0 Å². The Hall–Kier alpha value is -0.880. The third kappa shape index (κ3) is 5.39. The number of hydrogen-bond donors (Lipinski definition) is 2. The summed E-state index contributed by atoms with van der Waals surface area (Å²) in [7, 11) is 1.89. The Morgan fingerprint density at radius 3 is 2.82 bits per heavy atom. The Balaban J connectivity index is 0.00000220. The molecule has 1 aromatic carbocycles. The van der Waals surface area contributed by atoms with E-state index in [1.54, 1.807) is 6.07 Å². The number of fused-ring (bicyclic) bond motifs is 1. The molecular weight excluding hydrogens is 328 g/mol. The predicted octanol–water partition coefficient (Wildman–Crippen LogP) is 2.60. The lowest BCUT2D eigenvalue weighted by atomic mass is 9.99. The van der Waals surface area contributed by atoms with Crippen LogP contribution in [0.15, 0.2) is 12.1 Å². The number of halogens is 3. The number of rotatable bonds is 5. The number of anilines is 1. The van der Waals surface area contributed by atoms with Crippen LogP contribution in [-0.2, 0) is 17.8 Å². The molecule has 1 amide bonds. The second kappa shape index (κ2) is 10.0. The van der Waals surface area contributed by atoms with Crippen LogP contribution < -0.4 is 10.6 Å². The Bertz CT molecular complexity index is 500. The molecule has 0 aromatic heterocycles. The number of likely N-dealkylation sites (N-methyl/N-ethyl adjacent to an activating group) is 1. The summed E-state index contributed by atoms with van der Waals surface area (Å²) in [5.41, 5.74) is 2.00. The van der Waals surface area contributed by atoms with E-state index < -0.39 is 0 Å². The zero-order valence-electron chi connectivity index (χ0n) is 12.9. The van der Waals surface area contributed by atoms with Crippen molar-refractivity contribution in [2.75, 3.05) is 32.0 Å². The topological polar surface area (TPSA) is 44.4 Å². The summed E-state index contributed by atoms with van der Waals surface area (Å²) in [4.78, 5) is 13.8. The lowest BCUT2D eigenvalue weighted by molar-refractivity contribution is -0.117. The Morgan fingerprint density at radius 2 is 2.14 bits per heavy atom. The maximum absolute atomic E-state index is 14.3. The quantitative estimate of drug-likeness (QED) is 0.856. The van der Waals surface area contributed by atoms with Gasteiger partial charge in [-0.1, -0.05) is 13.0 Å². The third-order valence-electron chi connectivity index (χ3n) is 3.50. The maximum atomic E-state index is 14.3. The van der Waals surface area contributed by atoms with Crippen molar-refractivity contribution < 1.29 is 9.18 Å². The minimum atomic E-state index is -0.282. The van der Waals surface area contributed by atoms with Crippen molar-refractivity contribution in [3.05, 3.63) is 29.1 Å². The van der Waals surface area contributed by atoms with Gasteiger partial charge in [-0.05, 0) is 50.2 Å². The summed E-state index contributed by atoms with van der Waals surface area (Å²) in [6.07, 6.45) is 1.66. The van der Waals surface area contributed by atoms with Gasteiger partial charge in [0.05, 0.1) is 12.2 Å². The van der Waals surface area contributed by atoms with Crippen molar-refractivity contribution in [2.24, 2.45) is 0 Å². The van der Waals surface area contributed by atoms with Gasteiger partial charge in [-0.2, -0.15) is 0 Å². The summed E-state index contributed by atoms with van der Waals surface area (Å²) >= 11 is 0. The van der Waals surface area contributed by atoms with Crippen molar-refractivity contribution in [3.8, 4) is 0 Å². The highest BCUT2D eigenvalue weighted by molar-refractivity contribution is 5.92. The fourth-order valence-corrected chi connectivity index (χ4v) is 2.53. The Kier molecular flexibility index (Phi) is 9.60. The first-order valence-electron chi connectivity index (χ1n) is 7.11. The molecule has 22 heavy (non-hydrogen) atoms. The minimum Gasteiger partial charge on any atom is -0.322 e. The van der Waals surface area contributed by atoms with Gasteiger partial charge in [0.25, 0.3) is 0 Å². The highest BCUT2D eigenvalue weighted by Gasteiger charge is 2.17. The average molecular weight is 352 g/mol. The highest BCUT2D eigenvalue weighted by atomic mass is 35.5. The number of nitrogens with zero attached hydrogens (tertiary/aromatic N) is 1. The van der Waals surface area contributed by atoms with E-state index in [1.165, 1.54) is 0 Å².